The molecule has 0 radical (unpaired) electrons. The van der Waals surface area contributed by atoms with Gasteiger partial charge in [-0.2, -0.15) is 0 Å². The number of piperazine rings is 1. The topological polar surface area (TPSA) is 85.1 Å². The van der Waals surface area contributed by atoms with E-state index in [1.54, 1.807) is 30.1 Å². The molecule has 2 N–H and O–H groups in total. The average molecular weight is 349 g/mol. The lowest BCUT2D eigenvalue weighted by Gasteiger charge is -2.35. The number of ether oxygens (including phenoxy) is 2. The van der Waals surface area contributed by atoms with Crippen LogP contribution in [0.1, 0.15) is 22.3 Å². The largest absolute Gasteiger partial charge is 0.496 e. The molecule has 2 amide bonds. The lowest BCUT2D eigenvalue weighted by Crippen LogP contribution is -2.51. The van der Waals surface area contributed by atoms with Gasteiger partial charge in [0.1, 0.15) is 5.75 Å². The van der Waals surface area contributed by atoms with Crippen molar-refractivity contribution in [2.24, 2.45) is 5.73 Å². The Morgan fingerprint density at radius 1 is 1.16 bits per heavy atom. The summed E-state index contributed by atoms with van der Waals surface area (Å²) in [4.78, 5) is 28.5. The van der Waals surface area contributed by atoms with Gasteiger partial charge in [-0.1, -0.05) is 6.07 Å². The second-order valence-electron chi connectivity index (χ2n) is 6.15. The monoisotopic (exact) mass is 349 g/mol. The van der Waals surface area contributed by atoms with Crippen molar-refractivity contribution in [3.8, 4) is 5.75 Å². The molecule has 0 bridgehead atoms. The number of carbonyl (C=O) groups is 2. The minimum Gasteiger partial charge on any atom is -0.496 e. The summed E-state index contributed by atoms with van der Waals surface area (Å²) in [6.45, 7) is 4.33. The number of nitrogens with two attached hydrogens (primary N) is 1. The van der Waals surface area contributed by atoms with Crippen molar-refractivity contribution < 1.29 is 19.1 Å². The molecule has 0 aromatic heterocycles. The predicted molar refractivity (Wildman–Crippen MR) is 94.7 cm³/mol. The lowest BCUT2D eigenvalue weighted by atomic mass is 10.1. The highest BCUT2D eigenvalue weighted by Gasteiger charge is 2.26. The molecule has 1 aliphatic heterocycles. The van der Waals surface area contributed by atoms with Gasteiger partial charge < -0.3 is 25.0 Å². The van der Waals surface area contributed by atoms with Gasteiger partial charge in [-0.05, 0) is 24.6 Å². The Bertz CT molecular complexity index is 608. The maximum atomic E-state index is 12.7. The zero-order valence-electron chi connectivity index (χ0n) is 15.2. The van der Waals surface area contributed by atoms with Crippen molar-refractivity contribution in [3.63, 3.8) is 0 Å². The van der Waals surface area contributed by atoms with Gasteiger partial charge >= 0.3 is 0 Å². The SMILES string of the molecule is COc1cc(C(=O)N2CCN(C(=O)CC(CN)OC)CC2)ccc1C. The number of carbonyl (C=O) groups excluding carboxylic acids is 2. The molecular weight excluding hydrogens is 322 g/mol. The van der Waals surface area contributed by atoms with Crippen LogP contribution in [0.3, 0.4) is 0 Å². The van der Waals surface area contributed by atoms with Gasteiger partial charge in [0.05, 0.1) is 19.6 Å². The Balaban J connectivity index is 1.93. The first-order chi connectivity index (χ1) is 12.0. The molecule has 1 heterocycles. The fourth-order valence-electron chi connectivity index (χ4n) is 2.88. The highest BCUT2D eigenvalue weighted by Crippen LogP contribution is 2.20. The van der Waals surface area contributed by atoms with Crippen LogP contribution in [0.5, 0.6) is 5.75 Å². The number of nitrogens with zero attached hydrogens (tertiary/aromatic N) is 2. The van der Waals surface area contributed by atoms with Crippen LogP contribution in [-0.2, 0) is 9.53 Å². The van der Waals surface area contributed by atoms with E-state index in [0.717, 1.165) is 5.56 Å². The third-order valence-corrected chi connectivity index (χ3v) is 4.57. The summed E-state index contributed by atoms with van der Waals surface area (Å²) in [6, 6.07) is 5.45. The third-order valence-electron chi connectivity index (χ3n) is 4.57. The van der Waals surface area contributed by atoms with Gasteiger partial charge in [0.25, 0.3) is 5.91 Å². The van der Waals surface area contributed by atoms with E-state index < -0.39 is 0 Å². The van der Waals surface area contributed by atoms with Crippen molar-refractivity contribution in [1.82, 2.24) is 9.80 Å². The van der Waals surface area contributed by atoms with E-state index in [2.05, 4.69) is 0 Å². The lowest BCUT2D eigenvalue weighted by molar-refractivity contribution is -0.135. The molecular formula is C18H27N3O4. The zero-order valence-corrected chi connectivity index (χ0v) is 15.2. The van der Waals surface area contributed by atoms with Crippen LogP contribution in [0.2, 0.25) is 0 Å². The first-order valence-corrected chi connectivity index (χ1v) is 8.44. The second kappa shape index (κ2) is 8.82. The molecule has 25 heavy (non-hydrogen) atoms. The summed E-state index contributed by atoms with van der Waals surface area (Å²) in [5, 5.41) is 0. The molecule has 7 heteroatoms. The summed E-state index contributed by atoms with van der Waals surface area (Å²) in [5.41, 5.74) is 7.15. The average Bonchev–Trinajstić information content (AvgIpc) is 2.65. The number of amides is 2. The number of benzene rings is 1. The van der Waals surface area contributed by atoms with E-state index in [1.165, 1.54) is 0 Å². The fourth-order valence-corrected chi connectivity index (χ4v) is 2.88. The van der Waals surface area contributed by atoms with Crippen molar-refractivity contribution in [3.05, 3.63) is 29.3 Å². The van der Waals surface area contributed by atoms with Gasteiger partial charge in [0.15, 0.2) is 0 Å². The Morgan fingerprint density at radius 2 is 1.80 bits per heavy atom. The van der Waals surface area contributed by atoms with E-state index in [1.807, 2.05) is 19.1 Å². The molecule has 1 atom stereocenters. The van der Waals surface area contributed by atoms with Gasteiger partial charge in [-0.15, -0.1) is 0 Å². The highest BCUT2D eigenvalue weighted by molar-refractivity contribution is 5.95. The molecule has 0 saturated carbocycles. The molecule has 2 rings (SSSR count). The number of hydrogen-bond acceptors (Lipinski definition) is 5. The van der Waals surface area contributed by atoms with E-state index >= 15 is 0 Å². The van der Waals surface area contributed by atoms with Crippen LogP contribution in [0, 0.1) is 6.92 Å². The van der Waals surface area contributed by atoms with Gasteiger partial charge in [-0.3, -0.25) is 9.59 Å². The molecule has 1 unspecified atom stereocenters. The Kier molecular flexibility index (Phi) is 6.78. The normalized spacial score (nSPS) is 15.8. The number of rotatable bonds is 6. The van der Waals surface area contributed by atoms with Crippen LogP contribution >= 0.6 is 0 Å². The van der Waals surface area contributed by atoms with Crippen molar-refractivity contribution in [1.29, 1.82) is 0 Å². The minimum absolute atomic E-state index is 0.0152. The van der Waals surface area contributed by atoms with Crippen LogP contribution in [-0.4, -0.2) is 74.7 Å². The van der Waals surface area contributed by atoms with Gasteiger partial charge in [0, 0.05) is 45.4 Å². The maximum absolute atomic E-state index is 12.7. The highest BCUT2D eigenvalue weighted by atomic mass is 16.5. The van der Waals surface area contributed by atoms with Crippen molar-refractivity contribution in [2.45, 2.75) is 19.4 Å². The van der Waals surface area contributed by atoms with Gasteiger partial charge in [-0.25, -0.2) is 0 Å². The third kappa shape index (κ3) is 4.70. The Hall–Kier alpha value is -2.12. The molecule has 1 aromatic rings. The summed E-state index contributed by atoms with van der Waals surface area (Å²) < 4.78 is 10.4. The van der Waals surface area contributed by atoms with E-state index in [9.17, 15) is 9.59 Å². The summed E-state index contributed by atoms with van der Waals surface area (Å²) in [7, 11) is 3.15. The van der Waals surface area contributed by atoms with Gasteiger partial charge in [0.2, 0.25) is 5.91 Å². The molecule has 1 aromatic carbocycles. The number of methoxy groups -OCH3 is 2. The first kappa shape index (κ1) is 19.2. The maximum Gasteiger partial charge on any atom is 0.254 e. The van der Waals surface area contributed by atoms with Crippen LogP contribution in [0.4, 0.5) is 0 Å². The quantitative estimate of drug-likeness (QED) is 0.815. The zero-order chi connectivity index (χ0) is 18.4. The molecule has 7 nitrogen and oxygen atoms in total. The molecule has 1 fully saturated rings. The number of aryl methyl sites for hydroxylation is 1. The van der Waals surface area contributed by atoms with Crippen LogP contribution < -0.4 is 10.5 Å². The summed E-state index contributed by atoms with van der Waals surface area (Å²) in [5.74, 6) is 0.676. The Morgan fingerprint density at radius 3 is 2.36 bits per heavy atom. The Labute approximate surface area is 148 Å². The number of hydrogen-bond donors (Lipinski definition) is 1. The second-order valence-corrected chi connectivity index (χ2v) is 6.15. The van der Waals surface area contributed by atoms with E-state index in [-0.39, 0.29) is 24.3 Å². The molecule has 1 saturated heterocycles. The summed E-state index contributed by atoms with van der Waals surface area (Å²) in [6.07, 6.45) is 0.0167. The van der Waals surface area contributed by atoms with E-state index in [4.69, 9.17) is 15.2 Å². The predicted octanol–water partition coefficient (Wildman–Crippen LogP) is 0.652. The molecule has 0 aliphatic carbocycles. The van der Waals surface area contributed by atoms with Crippen molar-refractivity contribution in [2.75, 3.05) is 46.9 Å². The standard InChI is InChI=1S/C18H27N3O4/c1-13-4-5-14(10-16(13)25-3)18(23)21-8-6-20(7-9-21)17(22)11-15(12-19)24-2/h4-5,10,15H,6-9,11-12,19H2,1-3H3. The molecule has 1 aliphatic rings. The molecule has 138 valence electrons. The van der Waals surface area contributed by atoms with Crippen LogP contribution in [0.25, 0.3) is 0 Å². The first-order valence-electron chi connectivity index (χ1n) is 8.44. The minimum atomic E-state index is -0.257. The summed E-state index contributed by atoms with van der Waals surface area (Å²) >= 11 is 0. The van der Waals surface area contributed by atoms with Crippen molar-refractivity contribution >= 4 is 11.8 Å². The smallest absolute Gasteiger partial charge is 0.254 e. The van der Waals surface area contributed by atoms with Crippen LogP contribution in [0.15, 0.2) is 18.2 Å². The molecule has 0 spiro atoms. The fraction of sp³-hybridized carbons (Fsp3) is 0.556. The van der Waals surface area contributed by atoms with E-state index in [0.29, 0.717) is 44.0 Å².